The van der Waals surface area contributed by atoms with Gasteiger partial charge in [0.25, 0.3) is 0 Å². The molecule has 0 aliphatic rings. The van der Waals surface area contributed by atoms with Gasteiger partial charge in [0.05, 0.1) is 0 Å². The third kappa shape index (κ3) is 11.1. The third-order valence-corrected chi connectivity index (χ3v) is 0.566. The molecule has 0 amide bonds. The van der Waals surface area contributed by atoms with Crippen LogP contribution in [0.5, 0.6) is 0 Å². The fourth-order valence-corrected chi connectivity index (χ4v) is 0.224. The zero-order valence-electron chi connectivity index (χ0n) is 3.72. The number of aliphatic hydroxyl groups excluding tert-OH is 2. The molecule has 7 heavy (non-hydrogen) atoms. The predicted octanol–water partition coefficient (Wildman–Crippen LogP) is -1.17. The summed E-state index contributed by atoms with van der Waals surface area (Å²) in [6.07, 6.45) is 1.44. The zero-order valence-corrected chi connectivity index (χ0v) is 3.72. The van der Waals surface area contributed by atoms with E-state index < -0.39 is 0 Å². The van der Waals surface area contributed by atoms with E-state index in [4.69, 9.17) is 10.2 Å². The van der Waals surface area contributed by atoms with Crippen molar-refractivity contribution < 1.29 is 10.2 Å². The van der Waals surface area contributed by atoms with Gasteiger partial charge in [0.2, 0.25) is 0 Å². The van der Waals surface area contributed by atoms with Crippen LogP contribution in [-0.4, -0.2) is 68.9 Å². The van der Waals surface area contributed by atoms with Crippen molar-refractivity contribution in [2.45, 2.75) is 12.8 Å². The molecule has 0 unspecified atom stereocenters. The Hall–Kier alpha value is 1.40. The molecular weight excluding hydrogens is 168 g/mol. The van der Waals surface area contributed by atoms with Crippen molar-refractivity contribution in [2.24, 2.45) is 0 Å². The molecule has 2 nitrogen and oxygen atoms in total. The Morgan fingerprint density at radius 1 is 0.857 bits per heavy atom. The second kappa shape index (κ2) is 10.4. The summed E-state index contributed by atoms with van der Waals surface area (Å²) in [5.41, 5.74) is 0. The van der Waals surface area contributed by atoms with Crippen molar-refractivity contribution >= 4 is 45.5 Å². The summed E-state index contributed by atoms with van der Waals surface area (Å²) in [6, 6.07) is 0. The minimum atomic E-state index is 0. The topological polar surface area (TPSA) is 40.5 Å². The summed E-state index contributed by atoms with van der Waals surface area (Å²) in [7, 11) is 0. The molecule has 0 saturated heterocycles. The first-order valence-electron chi connectivity index (χ1n) is 2.13. The first-order chi connectivity index (χ1) is 2.91. The van der Waals surface area contributed by atoms with Gasteiger partial charge in [0.1, 0.15) is 0 Å². The van der Waals surface area contributed by atoms with E-state index in [2.05, 4.69) is 0 Å². The van der Waals surface area contributed by atoms with Crippen molar-refractivity contribution in [3.63, 3.8) is 0 Å². The molecule has 0 heterocycles. The Kier molecular flexibility index (Phi) is 16.7. The minimum absolute atomic E-state index is 0. The number of hydrogen-bond donors (Lipinski definition) is 2. The molecule has 0 spiro atoms. The van der Waals surface area contributed by atoms with Gasteiger partial charge in [0.15, 0.2) is 0 Å². The van der Waals surface area contributed by atoms with Gasteiger partial charge in [0, 0.05) is 13.2 Å². The van der Waals surface area contributed by atoms with E-state index in [9.17, 15) is 0 Å². The van der Waals surface area contributed by atoms with E-state index in [0.717, 1.165) is 12.8 Å². The Morgan fingerprint density at radius 3 is 1.29 bits per heavy atom. The summed E-state index contributed by atoms with van der Waals surface area (Å²) in [4.78, 5) is 0. The molecule has 0 atom stereocenters. The third-order valence-electron chi connectivity index (χ3n) is 0.566. The van der Waals surface area contributed by atoms with E-state index in [1.54, 1.807) is 0 Å². The summed E-state index contributed by atoms with van der Waals surface area (Å²) < 4.78 is 0. The van der Waals surface area contributed by atoms with Gasteiger partial charge in [-0.15, -0.1) is 0 Å². The quantitative estimate of drug-likeness (QED) is 0.424. The maximum atomic E-state index is 8.09. The predicted molar refractivity (Wildman–Crippen MR) is 31.9 cm³/mol. The molecule has 2 N–H and O–H groups in total. The number of aliphatic hydroxyl groups is 2. The van der Waals surface area contributed by atoms with Crippen molar-refractivity contribution in [3.8, 4) is 0 Å². The van der Waals surface area contributed by atoms with Gasteiger partial charge >= 0.3 is 45.5 Å². The first kappa shape index (κ1) is 11.2. The average Bonchev–Trinajstić information content (AvgIpc) is 1.61. The molecule has 0 aromatic carbocycles. The molecule has 0 aromatic rings. The van der Waals surface area contributed by atoms with Gasteiger partial charge in [-0.3, -0.25) is 0 Å². The van der Waals surface area contributed by atoms with Crippen LogP contribution in [0, 0.1) is 0 Å². The zero-order chi connectivity index (χ0) is 4.83. The van der Waals surface area contributed by atoms with Crippen molar-refractivity contribution in [1.82, 2.24) is 0 Å². The van der Waals surface area contributed by atoms with E-state index in [1.165, 1.54) is 0 Å². The van der Waals surface area contributed by atoms with Crippen molar-refractivity contribution in [3.05, 3.63) is 0 Å². The standard InChI is InChI=1S/C4H10O2.Sr.2H/c5-3-1-2-4-6;;;/h5-6H,1-4H2;;;. The summed E-state index contributed by atoms with van der Waals surface area (Å²) >= 11 is 0. The van der Waals surface area contributed by atoms with E-state index in [0.29, 0.717) is 0 Å². The van der Waals surface area contributed by atoms with Crippen LogP contribution in [0.15, 0.2) is 0 Å². The van der Waals surface area contributed by atoms with Crippen LogP contribution in [0.4, 0.5) is 0 Å². The molecule has 0 rings (SSSR count). The molecule has 3 heteroatoms. The van der Waals surface area contributed by atoms with E-state index in [-0.39, 0.29) is 58.7 Å². The Morgan fingerprint density at radius 2 is 1.14 bits per heavy atom. The molecular formula is C4H12O2Sr. The molecule has 42 valence electrons. The average molecular weight is 180 g/mol. The Balaban J connectivity index is 0. The van der Waals surface area contributed by atoms with Gasteiger partial charge < -0.3 is 10.2 Å². The van der Waals surface area contributed by atoms with E-state index in [1.807, 2.05) is 0 Å². The molecule has 0 aromatic heterocycles. The normalized spacial score (nSPS) is 7.71. The van der Waals surface area contributed by atoms with Crippen LogP contribution in [-0.2, 0) is 0 Å². The second-order valence-electron chi connectivity index (χ2n) is 1.15. The Labute approximate surface area is 80.8 Å². The van der Waals surface area contributed by atoms with E-state index >= 15 is 0 Å². The second-order valence-corrected chi connectivity index (χ2v) is 1.15. The van der Waals surface area contributed by atoms with Crippen LogP contribution in [0.2, 0.25) is 0 Å². The molecule has 0 saturated carbocycles. The summed E-state index contributed by atoms with van der Waals surface area (Å²) in [5.74, 6) is 0. The number of hydrogen-bond acceptors (Lipinski definition) is 2. The molecule has 0 radical (unpaired) electrons. The van der Waals surface area contributed by atoms with Crippen molar-refractivity contribution in [1.29, 1.82) is 0 Å². The van der Waals surface area contributed by atoms with Crippen LogP contribution < -0.4 is 0 Å². The van der Waals surface area contributed by atoms with Gasteiger partial charge in [-0.25, -0.2) is 0 Å². The maximum absolute atomic E-state index is 8.09. The van der Waals surface area contributed by atoms with Crippen LogP contribution >= 0.6 is 0 Å². The SMILES string of the molecule is OCCCCO.[SrH2]. The van der Waals surface area contributed by atoms with Crippen LogP contribution in [0.3, 0.4) is 0 Å². The fourth-order valence-electron chi connectivity index (χ4n) is 0.224. The molecule has 0 bridgehead atoms. The van der Waals surface area contributed by atoms with Gasteiger partial charge in [-0.05, 0) is 12.8 Å². The summed E-state index contributed by atoms with van der Waals surface area (Å²) in [6.45, 7) is 0.390. The monoisotopic (exact) mass is 180 g/mol. The molecule has 0 fully saturated rings. The first-order valence-corrected chi connectivity index (χ1v) is 2.13. The van der Waals surface area contributed by atoms with Crippen LogP contribution in [0.25, 0.3) is 0 Å². The summed E-state index contributed by atoms with van der Waals surface area (Å²) in [5, 5.41) is 16.2. The number of rotatable bonds is 3. The molecule has 0 aliphatic heterocycles. The number of unbranched alkanes of at least 4 members (excludes halogenated alkanes) is 1. The van der Waals surface area contributed by atoms with Crippen LogP contribution in [0.1, 0.15) is 12.8 Å². The molecule has 0 aliphatic carbocycles. The van der Waals surface area contributed by atoms with Crippen molar-refractivity contribution in [2.75, 3.05) is 13.2 Å². The van der Waals surface area contributed by atoms with Gasteiger partial charge in [-0.2, -0.15) is 0 Å². The van der Waals surface area contributed by atoms with Gasteiger partial charge in [-0.1, -0.05) is 0 Å². The Bertz CT molecular complexity index is 21.7. The fraction of sp³-hybridized carbons (Fsp3) is 1.00.